The average Bonchev–Trinajstić information content (AvgIpc) is 2.23. The summed E-state index contributed by atoms with van der Waals surface area (Å²) in [7, 11) is -3.33. The highest BCUT2D eigenvalue weighted by atomic mass is 32.2. The van der Waals surface area contributed by atoms with Crippen molar-refractivity contribution in [2.45, 2.75) is 13.3 Å². The van der Waals surface area contributed by atoms with Crippen molar-refractivity contribution < 1.29 is 13.2 Å². The predicted octanol–water partition coefficient (Wildman–Crippen LogP) is 1.06. The number of nitrogens with zero attached hydrogens (tertiary/aromatic N) is 1. The lowest BCUT2D eigenvalue weighted by Gasteiger charge is -2.22. The average molecular weight is 270 g/mol. The van der Waals surface area contributed by atoms with E-state index in [0.717, 1.165) is 12.7 Å². The van der Waals surface area contributed by atoms with Crippen LogP contribution in [-0.2, 0) is 14.6 Å². The second-order valence-electron chi connectivity index (χ2n) is 4.21. The lowest BCUT2D eigenvalue weighted by atomic mass is 10.2. The number of rotatable bonds is 5. The number of hydrogen-bond donors (Lipinski definition) is 1. The lowest BCUT2D eigenvalue weighted by molar-refractivity contribution is -0.116. The molecule has 0 aromatic heterocycles. The van der Waals surface area contributed by atoms with E-state index >= 15 is 0 Å². The third-order valence-corrected chi connectivity index (χ3v) is 3.09. The van der Waals surface area contributed by atoms with E-state index in [0.29, 0.717) is 17.9 Å². The van der Waals surface area contributed by atoms with Crippen LogP contribution in [0.5, 0.6) is 0 Å². The highest BCUT2D eigenvalue weighted by Gasteiger charge is 2.19. The molecule has 5 nitrogen and oxygen atoms in total. The molecule has 0 saturated carbocycles. The number of amides is 1. The monoisotopic (exact) mass is 270 g/mol. The zero-order valence-electron chi connectivity index (χ0n) is 10.6. The van der Waals surface area contributed by atoms with E-state index in [1.54, 1.807) is 24.3 Å². The van der Waals surface area contributed by atoms with Gasteiger partial charge in [-0.2, -0.15) is 0 Å². The Morgan fingerprint density at radius 1 is 1.39 bits per heavy atom. The fraction of sp³-hybridized carbons (Fsp3) is 0.417. The number of hydrogen-bond acceptors (Lipinski definition) is 4. The van der Waals surface area contributed by atoms with Gasteiger partial charge in [-0.1, -0.05) is 13.0 Å². The van der Waals surface area contributed by atoms with Crippen LogP contribution in [0, 0.1) is 0 Å². The topological polar surface area (TPSA) is 80.5 Å². The van der Waals surface area contributed by atoms with Gasteiger partial charge in [0.25, 0.3) is 0 Å². The van der Waals surface area contributed by atoms with E-state index in [2.05, 4.69) is 0 Å². The van der Waals surface area contributed by atoms with Crippen LogP contribution in [0.1, 0.15) is 13.3 Å². The Hall–Kier alpha value is -1.56. The van der Waals surface area contributed by atoms with Crippen LogP contribution < -0.4 is 10.6 Å². The Bertz CT molecular complexity index is 526. The SMILES string of the molecule is CCCN(C(=O)CS(C)(=O)=O)c1cccc(N)c1. The van der Waals surface area contributed by atoms with E-state index in [-0.39, 0.29) is 0 Å². The number of sulfone groups is 1. The van der Waals surface area contributed by atoms with Crippen LogP contribution in [-0.4, -0.2) is 32.9 Å². The molecule has 0 spiro atoms. The zero-order chi connectivity index (χ0) is 13.8. The molecule has 1 aromatic carbocycles. The molecule has 2 N–H and O–H groups in total. The second kappa shape index (κ2) is 5.86. The number of anilines is 2. The van der Waals surface area contributed by atoms with Crippen molar-refractivity contribution in [3.63, 3.8) is 0 Å². The molecule has 1 amide bonds. The number of nitrogen functional groups attached to an aromatic ring is 1. The molecule has 100 valence electrons. The van der Waals surface area contributed by atoms with Crippen molar-refractivity contribution in [2.75, 3.05) is 29.2 Å². The molecular formula is C12H18N2O3S. The van der Waals surface area contributed by atoms with E-state index in [1.165, 1.54) is 4.90 Å². The quantitative estimate of drug-likeness (QED) is 0.811. The van der Waals surface area contributed by atoms with Crippen LogP contribution in [0.4, 0.5) is 11.4 Å². The molecule has 18 heavy (non-hydrogen) atoms. The maximum Gasteiger partial charge on any atom is 0.242 e. The Kier molecular flexibility index (Phi) is 4.72. The molecule has 0 bridgehead atoms. The van der Waals surface area contributed by atoms with Crippen molar-refractivity contribution in [3.05, 3.63) is 24.3 Å². The first-order chi connectivity index (χ1) is 8.33. The molecule has 1 rings (SSSR count). The summed E-state index contributed by atoms with van der Waals surface area (Å²) in [5.41, 5.74) is 6.84. The summed E-state index contributed by atoms with van der Waals surface area (Å²) < 4.78 is 22.4. The van der Waals surface area contributed by atoms with Gasteiger partial charge in [0.05, 0.1) is 0 Å². The molecule has 0 aliphatic rings. The fourth-order valence-corrected chi connectivity index (χ4v) is 2.22. The summed E-state index contributed by atoms with van der Waals surface area (Å²) in [6.07, 6.45) is 1.79. The summed E-state index contributed by atoms with van der Waals surface area (Å²) in [6.45, 7) is 2.39. The summed E-state index contributed by atoms with van der Waals surface area (Å²) in [6, 6.07) is 6.86. The first-order valence-electron chi connectivity index (χ1n) is 5.67. The van der Waals surface area contributed by atoms with Gasteiger partial charge in [0.2, 0.25) is 5.91 Å². The van der Waals surface area contributed by atoms with E-state index in [1.807, 2.05) is 6.92 Å². The minimum atomic E-state index is -3.33. The van der Waals surface area contributed by atoms with E-state index < -0.39 is 21.5 Å². The summed E-state index contributed by atoms with van der Waals surface area (Å²) >= 11 is 0. The minimum Gasteiger partial charge on any atom is -0.399 e. The van der Waals surface area contributed by atoms with Crippen molar-refractivity contribution in [2.24, 2.45) is 0 Å². The normalized spacial score (nSPS) is 11.2. The molecular weight excluding hydrogens is 252 g/mol. The molecule has 6 heteroatoms. The molecule has 0 radical (unpaired) electrons. The molecule has 0 fully saturated rings. The third kappa shape index (κ3) is 4.37. The van der Waals surface area contributed by atoms with Gasteiger partial charge in [-0.25, -0.2) is 8.42 Å². The van der Waals surface area contributed by atoms with Crippen molar-refractivity contribution in [1.29, 1.82) is 0 Å². The molecule has 0 aliphatic heterocycles. The first-order valence-corrected chi connectivity index (χ1v) is 7.73. The molecule has 0 aliphatic carbocycles. The van der Waals surface area contributed by atoms with Crippen LogP contribution in [0.2, 0.25) is 0 Å². The van der Waals surface area contributed by atoms with Gasteiger partial charge >= 0.3 is 0 Å². The fourth-order valence-electron chi connectivity index (χ4n) is 1.62. The second-order valence-corrected chi connectivity index (χ2v) is 6.35. The van der Waals surface area contributed by atoms with Gasteiger partial charge in [-0.05, 0) is 24.6 Å². The minimum absolute atomic E-state index is 0.426. The van der Waals surface area contributed by atoms with Crippen LogP contribution in [0.25, 0.3) is 0 Å². The van der Waals surface area contributed by atoms with Gasteiger partial charge < -0.3 is 10.6 Å². The van der Waals surface area contributed by atoms with Crippen LogP contribution in [0.3, 0.4) is 0 Å². The smallest absolute Gasteiger partial charge is 0.242 e. The molecule has 1 aromatic rings. The van der Waals surface area contributed by atoms with Gasteiger partial charge in [0, 0.05) is 24.2 Å². The lowest BCUT2D eigenvalue weighted by Crippen LogP contribution is -2.36. The molecule has 0 saturated heterocycles. The summed E-state index contributed by atoms with van der Waals surface area (Å²) in [4.78, 5) is 13.4. The number of carbonyl (C=O) groups excluding carboxylic acids is 1. The zero-order valence-corrected chi connectivity index (χ0v) is 11.4. The maximum atomic E-state index is 12.0. The number of nitrogens with two attached hydrogens (primary N) is 1. The summed E-state index contributed by atoms with van der Waals surface area (Å²) in [5, 5.41) is 0. The highest BCUT2D eigenvalue weighted by molar-refractivity contribution is 7.91. The maximum absolute atomic E-state index is 12.0. The van der Waals surface area contributed by atoms with Crippen molar-refractivity contribution in [1.82, 2.24) is 0 Å². The van der Waals surface area contributed by atoms with Gasteiger partial charge in [-0.3, -0.25) is 4.79 Å². The third-order valence-electron chi connectivity index (χ3n) is 2.32. The van der Waals surface area contributed by atoms with Crippen LogP contribution >= 0.6 is 0 Å². The van der Waals surface area contributed by atoms with Crippen molar-refractivity contribution in [3.8, 4) is 0 Å². The Morgan fingerprint density at radius 3 is 2.56 bits per heavy atom. The van der Waals surface area contributed by atoms with Gasteiger partial charge in [-0.15, -0.1) is 0 Å². The van der Waals surface area contributed by atoms with Gasteiger partial charge in [0.15, 0.2) is 9.84 Å². The van der Waals surface area contributed by atoms with Crippen LogP contribution in [0.15, 0.2) is 24.3 Å². The molecule has 0 heterocycles. The Morgan fingerprint density at radius 2 is 2.06 bits per heavy atom. The highest BCUT2D eigenvalue weighted by Crippen LogP contribution is 2.18. The Balaban J connectivity index is 2.99. The van der Waals surface area contributed by atoms with Crippen molar-refractivity contribution >= 4 is 27.1 Å². The largest absolute Gasteiger partial charge is 0.399 e. The number of carbonyl (C=O) groups is 1. The standard InChI is InChI=1S/C12H18N2O3S/c1-3-7-14(12(15)9-18(2,16)17)11-6-4-5-10(13)8-11/h4-6,8H,3,7,9,13H2,1-2H3. The molecule has 0 unspecified atom stereocenters. The summed E-state index contributed by atoms with van der Waals surface area (Å²) in [5.74, 6) is -0.910. The van der Waals surface area contributed by atoms with E-state index in [9.17, 15) is 13.2 Å². The Labute approximate surface area is 108 Å². The first kappa shape index (κ1) is 14.5. The number of benzene rings is 1. The van der Waals surface area contributed by atoms with Gasteiger partial charge in [0.1, 0.15) is 5.75 Å². The predicted molar refractivity (Wildman–Crippen MR) is 73.2 cm³/mol. The molecule has 0 atom stereocenters. The van der Waals surface area contributed by atoms with E-state index in [4.69, 9.17) is 5.73 Å².